The lowest BCUT2D eigenvalue weighted by Crippen LogP contribution is -2.31. The summed E-state index contributed by atoms with van der Waals surface area (Å²) in [6, 6.07) is 32.8. The maximum Gasteiger partial charge on any atom is 0.403 e. The number of benzene rings is 4. The first-order valence-corrected chi connectivity index (χ1v) is 24.8. The highest BCUT2D eigenvalue weighted by molar-refractivity contribution is 6.61. The molecule has 14 heteroatoms. The van der Waals surface area contributed by atoms with E-state index in [0.717, 1.165) is 117 Å². The quantitative estimate of drug-likeness (QED) is 0.0278. The highest BCUT2D eigenvalue weighted by atomic mass is 35.5. The van der Waals surface area contributed by atoms with E-state index in [2.05, 4.69) is 74.5 Å². The van der Waals surface area contributed by atoms with Gasteiger partial charge in [0.05, 0.1) is 28.8 Å². The summed E-state index contributed by atoms with van der Waals surface area (Å²) in [5.74, 6) is -0.929. The fraction of sp³-hybridized carbons (Fsp3) is 0.400. The molecule has 0 aliphatic carbocycles. The summed E-state index contributed by atoms with van der Waals surface area (Å²) in [5, 5.41) is 19.5. The van der Waals surface area contributed by atoms with Crippen LogP contribution in [0.15, 0.2) is 109 Å². The van der Waals surface area contributed by atoms with Crippen molar-refractivity contribution in [3.8, 4) is 0 Å². The van der Waals surface area contributed by atoms with Crippen molar-refractivity contribution in [2.24, 2.45) is 0 Å². The number of aromatic nitrogens is 2. The Morgan fingerprint density at radius 2 is 1.06 bits per heavy atom. The second-order valence-electron chi connectivity index (χ2n) is 17.7. The number of para-hydroxylation sites is 2. The number of hydrogen-bond acceptors (Lipinski definition) is 7. The Morgan fingerprint density at radius 1 is 0.609 bits per heavy atom. The SMILES string of the molecule is CCOC(=O)Cl.O=C(CCCCCCN(Cc1ccccc1)C(=O)c1cn2c3c(cccc13)CCC2)NO.O=C(O)CCCCCCN(Cc1ccccc1)C(=O)c1cn2c3c(cccc13)CCC2. The van der Waals surface area contributed by atoms with Crippen LogP contribution in [0, 0.1) is 0 Å². The van der Waals surface area contributed by atoms with Gasteiger partial charge in [-0.05, 0) is 80.5 Å². The average Bonchev–Trinajstić information content (AvgIpc) is 3.94. The molecule has 4 aromatic carbocycles. The summed E-state index contributed by atoms with van der Waals surface area (Å²) < 4.78 is 8.66. The molecule has 0 saturated heterocycles. The van der Waals surface area contributed by atoms with Gasteiger partial charge in [0.25, 0.3) is 11.8 Å². The Bertz CT molecular complexity index is 2630. The van der Waals surface area contributed by atoms with E-state index in [-0.39, 0.29) is 24.1 Å². The third kappa shape index (κ3) is 15.0. The molecule has 8 rings (SSSR count). The number of carbonyl (C=O) groups is 5. The molecule has 0 saturated carbocycles. The molecule has 0 radical (unpaired) electrons. The normalized spacial score (nSPS) is 12.3. The fourth-order valence-corrected chi connectivity index (χ4v) is 9.46. The van der Waals surface area contributed by atoms with Crippen LogP contribution in [0.3, 0.4) is 0 Å². The molecule has 3 N–H and O–H groups in total. The minimum Gasteiger partial charge on any atom is -0.481 e. The lowest BCUT2D eigenvalue weighted by Gasteiger charge is -2.23. The number of hydroxylamine groups is 1. The van der Waals surface area contributed by atoms with Gasteiger partial charge in [-0.1, -0.05) is 123 Å². The summed E-state index contributed by atoms with van der Waals surface area (Å²) >= 11 is 4.72. The number of amides is 3. The zero-order chi connectivity index (χ0) is 49.0. The maximum atomic E-state index is 13.7. The van der Waals surface area contributed by atoms with Crippen LogP contribution in [0.4, 0.5) is 4.79 Å². The molecule has 0 atom stereocenters. The number of rotatable bonds is 21. The van der Waals surface area contributed by atoms with Gasteiger partial charge in [-0.25, -0.2) is 10.3 Å². The number of carbonyl (C=O) groups excluding carboxylic acids is 4. The average molecular weight is 961 g/mol. The van der Waals surface area contributed by atoms with Crippen LogP contribution in [0.1, 0.15) is 127 Å². The standard InChI is InChI=1S/C26H31N3O3.C26H30N2O3.C3H5ClO2/c30-24(27-32)15-6-1-2-7-16-29(18-20-10-4-3-5-11-20)26(31)23-19-28-17-9-13-21-12-8-14-22(23)25(21)28;29-24(30)15-6-1-2-7-16-28(18-20-10-4-3-5-11-20)26(31)23-19-27-17-9-13-21-12-8-14-22(23)25(21)27;1-2-6-3(4)5/h3-5,8,10-12,14,19,32H,1-2,6-7,9,13,15-18H2,(H,27,30);3-5,8,10-12,14,19H,1-2,6-7,9,13,15-18H2,(H,29,30);2H2,1H3. The molecule has 2 aromatic heterocycles. The van der Waals surface area contributed by atoms with Crippen molar-refractivity contribution in [3.05, 3.63) is 143 Å². The van der Waals surface area contributed by atoms with Crippen molar-refractivity contribution >= 4 is 62.5 Å². The van der Waals surface area contributed by atoms with E-state index < -0.39 is 11.4 Å². The van der Waals surface area contributed by atoms with Crippen molar-refractivity contribution in [2.75, 3.05) is 19.7 Å². The zero-order valence-electron chi connectivity index (χ0n) is 39.8. The lowest BCUT2D eigenvalue weighted by molar-refractivity contribution is -0.137. The number of halogens is 1. The Hall–Kier alpha value is -6.44. The maximum absolute atomic E-state index is 13.7. The van der Waals surface area contributed by atoms with Gasteiger partial charge in [-0.3, -0.25) is 24.4 Å². The number of hydrogen-bond donors (Lipinski definition) is 3. The van der Waals surface area contributed by atoms with Crippen LogP contribution in [0.2, 0.25) is 0 Å². The summed E-state index contributed by atoms with van der Waals surface area (Å²) in [7, 11) is 0. The largest absolute Gasteiger partial charge is 0.481 e. The van der Waals surface area contributed by atoms with Crippen molar-refractivity contribution in [2.45, 2.75) is 123 Å². The van der Waals surface area contributed by atoms with E-state index in [4.69, 9.17) is 21.9 Å². The molecule has 3 amide bonds. The monoisotopic (exact) mass is 959 g/mol. The fourth-order valence-electron chi connectivity index (χ4n) is 9.35. The van der Waals surface area contributed by atoms with E-state index in [9.17, 15) is 24.0 Å². The van der Waals surface area contributed by atoms with E-state index in [1.165, 1.54) is 22.2 Å². The van der Waals surface area contributed by atoms with Crippen molar-refractivity contribution in [3.63, 3.8) is 0 Å². The predicted octanol–water partition coefficient (Wildman–Crippen LogP) is 11.3. The molecule has 13 nitrogen and oxygen atoms in total. The smallest absolute Gasteiger partial charge is 0.403 e. The van der Waals surface area contributed by atoms with Crippen LogP contribution in [-0.4, -0.2) is 78.1 Å². The van der Waals surface area contributed by atoms with Crippen LogP contribution in [0.25, 0.3) is 21.8 Å². The number of nitrogens with one attached hydrogen (secondary N) is 1. The molecule has 0 bridgehead atoms. The number of ether oxygens (including phenoxy) is 1. The molecule has 0 spiro atoms. The third-order valence-electron chi connectivity index (χ3n) is 12.7. The minimum absolute atomic E-state index is 0.0799. The van der Waals surface area contributed by atoms with Crippen LogP contribution >= 0.6 is 11.6 Å². The minimum atomic E-state index is -0.742. The summed E-state index contributed by atoms with van der Waals surface area (Å²) in [5.41, 5.74) is 9.84. The first-order valence-electron chi connectivity index (χ1n) is 24.4. The highest BCUT2D eigenvalue weighted by Gasteiger charge is 2.25. The number of unbranched alkanes of at least 4 members (excludes halogenated alkanes) is 6. The summed E-state index contributed by atoms with van der Waals surface area (Å²) in [6.45, 7) is 6.48. The van der Waals surface area contributed by atoms with Gasteiger partial charge < -0.3 is 28.8 Å². The van der Waals surface area contributed by atoms with Gasteiger partial charge >= 0.3 is 11.4 Å². The highest BCUT2D eigenvalue weighted by Crippen LogP contribution is 2.32. The van der Waals surface area contributed by atoms with Gasteiger partial charge in [-0.2, -0.15) is 0 Å². The number of carboxylic acid groups (broad SMARTS) is 1. The Labute approximate surface area is 409 Å². The molecular formula is C55H66ClN5O8. The molecule has 6 aromatic rings. The Morgan fingerprint density at radius 3 is 1.46 bits per heavy atom. The third-order valence-corrected chi connectivity index (χ3v) is 12.8. The van der Waals surface area contributed by atoms with Crippen LogP contribution < -0.4 is 5.48 Å². The second-order valence-corrected chi connectivity index (χ2v) is 18.0. The Kier molecular flexibility index (Phi) is 20.3. The first-order chi connectivity index (χ1) is 33.6. The second kappa shape index (κ2) is 26.9. The molecule has 4 heterocycles. The number of aliphatic carboxylic acids is 1. The topological polar surface area (TPSA) is 163 Å². The van der Waals surface area contributed by atoms with Crippen molar-refractivity contribution in [1.82, 2.24) is 24.4 Å². The van der Waals surface area contributed by atoms with E-state index in [0.29, 0.717) is 45.6 Å². The lowest BCUT2D eigenvalue weighted by atomic mass is 10.0. The van der Waals surface area contributed by atoms with Crippen LogP contribution in [-0.2, 0) is 53.3 Å². The van der Waals surface area contributed by atoms with E-state index >= 15 is 0 Å². The number of carboxylic acids is 1. The molecule has 2 aliphatic rings. The predicted molar refractivity (Wildman–Crippen MR) is 269 cm³/mol. The van der Waals surface area contributed by atoms with Gasteiger partial charge in [0.2, 0.25) is 5.91 Å². The molecule has 0 fully saturated rings. The molecule has 2 aliphatic heterocycles. The van der Waals surface area contributed by atoms with E-state index in [1.807, 2.05) is 58.6 Å². The molecule has 69 heavy (non-hydrogen) atoms. The van der Waals surface area contributed by atoms with Gasteiger partial charge in [0.1, 0.15) is 0 Å². The molecular weight excluding hydrogens is 894 g/mol. The van der Waals surface area contributed by atoms with Gasteiger partial charge in [-0.15, -0.1) is 0 Å². The number of nitrogens with zero attached hydrogens (tertiary/aromatic N) is 4. The van der Waals surface area contributed by atoms with Gasteiger partial charge in [0, 0.05) is 86.9 Å². The number of aryl methyl sites for hydroxylation is 4. The first kappa shape index (κ1) is 51.9. The summed E-state index contributed by atoms with van der Waals surface area (Å²) in [4.78, 5) is 62.7. The summed E-state index contributed by atoms with van der Waals surface area (Å²) in [6.07, 6.45) is 15.8. The molecule has 0 unspecified atom stereocenters. The van der Waals surface area contributed by atoms with Gasteiger partial charge in [0.15, 0.2) is 0 Å². The zero-order valence-corrected chi connectivity index (χ0v) is 40.5. The van der Waals surface area contributed by atoms with E-state index in [1.54, 1.807) is 12.4 Å². The molecule has 366 valence electrons. The van der Waals surface area contributed by atoms with Crippen molar-refractivity contribution in [1.29, 1.82) is 0 Å². The Balaban J connectivity index is 0.000000203. The van der Waals surface area contributed by atoms with Crippen LogP contribution in [0.5, 0.6) is 0 Å². The van der Waals surface area contributed by atoms with Crippen molar-refractivity contribution < 1.29 is 39.0 Å².